The van der Waals surface area contributed by atoms with Crippen molar-refractivity contribution >= 4 is 63.0 Å². The van der Waals surface area contributed by atoms with Gasteiger partial charge in [0.25, 0.3) is 0 Å². The average Bonchev–Trinajstić information content (AvgIpc) is 1.31. The van der Waals surface area contributed by atoms with Crippen molar-refractivity contribution in [3.63, 3.8) is 0 Å². The van der Waals surface area contributed by atoms with Gasteiger partial charge in [0.05, 0.1) is 0 Å². The summed E-state index contributed by atoms with van der Waals surface area (Å²) in [5.41, 5.74) is 0. The van der Waals surface area contributed by atoms with Crippen LogP contribution in [-0.2, 0) is 0 Å². The van der Waals surface area contributed by atoms with Crippen molar-refractivity contribution in [1.29, 1.82) is 0.594 Å². The van der Waals surface area contributed by atoms with Crippen molar-refractivity contribution in [2.45, 2.75) is 0 Å². The number of halogens is 3. The van der Waals surface area contributed by atoms with Gasteiger partial charge in [-0.25, -0.2) is 0 Å². The molecule has 0 saturated carbocycles. The summed E-state index contributed by atoms with van der Waals surface area (Å²) in [5.74, 6) is 0. The van der Waals surface area contributed by atoms with Crippen molar-refractivity contribution in [2.75, 3.05) is 0 Å². The summed E-state index contributed by atoms with van der Waals surface area (Å²) in [6.45, 7) is 0. The molecular formula is H7Cl2IPSi2+. The van der Waals surface area contributed by atoms with Crippen LogP contribution >= 0.6 is 45.3 Å². The summed E-state index contributed by atoms with van der Waals surface area (Å²) in [5, 5.41) is 0. The van der Waals surface area contributed by atoms with Crippen LogP contribution in [0.15, 0.2) is 0 Å². The molecule has 0 aliphatic rings. The predicted molar refractivity (Wildman–Crippen MR) is 53.9 cm³/mol. The van der Waals surface area contributed by atoms with Crippen LogP contribution in [0.1, 0.15) is 0 Å². The van der Waals surface area contributed by atoms with Gasteiger partial charge in [0, 0.05) is 0 Å². The third kappa shape index (κ3) is 6.17. The number of rotatable bonds is 1. The summed E-state index contributed by atoms with van der Waals surface area (Å²) < 4.78 is 5.75. The molecule has 0 atom stereocenters. The van der Waals surface area contributed by atoms with Gasteiger partial charge in [-0.05, 0) is 0 Å². The van der Waals surface area contributed by atoms with E-state index in [2.05, 4.69) is 0 Å². The molecule has 0 amide bonds. The second kappa shape index (κ2) is 3.25. The van der Waals surface area contributed by atoms with E-state index >= 15 is 0 Å². The zero-order valence-corrected chi connectivity index (χ0v) is 12.1. The summed E-state index contributed by atoms with van der Waals surface area (Å²) >= 11 is 10.0. The fourth-order valence-electron chi connectivity index (χ4n) is 0. The molecule has 0 fully saturated rings. The molecule has 0 spiro atoms. The topological polar surface area (TPSA) is 0 Å². The molecule has 40 valence electrons. The molecule has 0 saturated heterocycles. The van der Waals surface area contributed by atoms with Crippen molar-refractivity contribution in [1.82, 2.24) is 0 Å². The van der Waals surface area contributed by atoms with Crippen LogP contribution < -0.4 is 0 Å². The van der Waals surface area contributed by atoms with Gasteiger partial charge < -0.3 is 0 Å². The second-order valence-corrected chi connectivity index (χ2v) is 39.0. The van der Waals surface area contributed by atoms with Crippen LogP contribution in [0.25, 0.3) is 0 Å². The Morgan fingerprint density at radius 1 is 1.83 bits per heavy atom. The first-order chi connectivity index (χ1) is 2.94. The van der Waals surface area contributed by atoms with Gasteiger partial charge >= 0.3 is 63.5 Å². The molecule has 0 unspecified atom stereocenters. The minimum absolute atomic E-state index is 0.871. The number of hydrogen-bond donors (Lipinski definition) is 0. The quantitative estimate of drug-likeness (QED) is 0.286. The van der Waals surface area contributed by atoms with E-state index in [4.69, 9.17) is 23.1 Å². The van der Waals surface area contributed by atoms with Gasteiger partial charge in [0.15, 0.2) is 0 Å². The molecule has 6 heavy (non-hydrogen) atoms. The van der Waals surface area contributed by atoms with E-state index in [1.165, 1.54) is 0 Å². The number of hydrogen-bond acceptors (Lipinski definition) is 0. The van der Waals surface area contributed by atoms with Crippen LogP contribution in [0.2, 0.25) is 0 Å². The van der Waals surface area contributed by atoms with Gasteiger partial charge in [0.1, 0.15) is 0 Å². The summed E-state index contributed by atoms with van der Waals surface area (Å²) in [7, 11) is 1.84. The molecule has 0 radical (unpaired) electrons. The van der Waals surface area contributed by atoms with Crippen LogP contribution in [0, 0.1) is 0 Å². The molecule has 0 aliphatic heterocycles. The van der Waals surface area contributed by atoms with E-state index in [1.54, 1.807) is 0 Å². The molecule has 0 aliphatic carbocycles. The van der Waals surface area contributed by atoms with Crippen molar-refractivity contribution in [3.05, 3.63) is 0 Å². The SMILES string of the molecule is [3H]I([SiH3])[P+]([SiH3])(Cl)Cl. The Labute approximate surface area is 63.1 Å². The molecule has 0 nitrogen and oxygen atoms in total. The summed E-state index contributed by atoms with van der Waals surface area (Å²) in [4.78, 5) is 0. The fraction of sp³-hybridized carbons (Fsp3) is 0. The van der Waals surface area contributed by atoms with Crippen molar-refractivity contribution in [3.8, 4) is 0 Å². The Morgan fingerprint density at radius 3 is 2.00 bits per heavy atom. The predicted octanol–water partition coefficient (Wildman–Crippen LogP) is 0.490. The van der Waals surface area contributed by atoms with Gasteiger partial charge in [-0.3, -0.25) is 0 Å². The Morgan fingerprint density at radius 2 is 2.00 bits per heavy atom. The fourth-order valence-corrected chi connectivity index (χ4v) is 0. The molecular weight excluding hydrogens is 285 g/mol. The van der Waals surface area contributed by atoms with Crippen LogP contribution in [0.3, 0.4) is 0 Å². The molecule has 0 aromatic carbocycles. The molecule has 0 N–H and O–H groups in total. The van der Waals surface area contributed by atoms with Gasteiger partial charge in [-0.2, -0.15) is 0 Å². The van der Waals surface area contributed by atoms with E-state index in [1.807, 2.05) is 0 Å². The first-order valence-corrected chi connectivity index (χ1v) is 18.1. The average molecular weight is 294 g/mol. The standard InChI is InChI=1S/Cl2H7IPSi2/c1-4(2,6)3-5/h3H,5-6H3/q+1/i3T. The molecule has 0 aromatic rings. The maximum absolute atomic E-state index is 7.27. The Balaban J connectivity index is 3.54. The monoisotopic (exact) mass is 293 g/mol. The van der Waals surface area contributed by atoms with Gasteiger partial charge in [-0.15, -0.1) is 0 Å². The Bertz CT molecular complexity index is 61.2. The van der Waals surface area contributed by atoms with Gasteiger partial charge in [-0.1, -0.05) is 0 Å². The first kappa shape index (κ1) is 6.30. The van der Waals surface area contributed by atoms with E-state index in [9.17, 15) is 0 Å². The summed E-state index contributed by atoms with van der Waals surface area (Å²) in [6, 6.07) is 0. The third-order valence-corrected chi connectivity index (χ3v) is 53.8. The molecule has 0 rings (SSSR count). The Kier molecular flexibility index (Phi) is 3.41. The van der Waals surface area contributed by atoms with Crippen LogP contribution in [0.5, 0.6) is 0 Å². The van der Waals surface area contributed by atoms with E-state index in [0.29, 0.717) is 0 Å². The zero-order valence-electron chi connectivity index (χ0n) is 4.58. The molecule has 0 heterocycles. The first-order valence-electron chi connectivity index (χ1n) is 1.71. The van der Waals surface area contributed by atoms with Gasteiger partial charge in [0.2, 0.25) is 0 Å². The van der Waals surface area contributed by atoms with E-state index < -0.39 is 22.8 Å². The van der Waals surface area contributed by atoms with E-state index in [-0.39, 0.29) is 0 Å². The third-order valence-electron chi connectivity index (χ3n) is 0.297. The van der Waals surface area contributed by atoms with E-state index in [0.717, 1.165) is 17.6 Å². The molecule has 0 bridgehead atoms. The van der Waals surface area contributed by atoms with Crippen LogP contribution in [0.4, 0.5) is 0 Å². The molecule has 0 aromatic heterocycles. The second-order valence-electron chi connectivity index (χ2n) is 0.868. The zero-order chi connectivity index (χ0) is 6.08. The van der Waals surface area contributed by atoms with Crippen LogP contribution in [-0.4, -0.2) is 18.2 Å². The Hall–Kier alpha value is 2.17. The summed E-state index contributed by atoms with van der Waals surface area (Å²) in [6.07, 6.45) is 0. The van der Waals surface area contributed by atoms with Crippen molar-refractivity contribution in [2.24, 2.45) is 0 Å². The maximum atomic E-state index is 7.27. The normalized spacial score (nSPS) is 17.7. The minimum atomic E-state index is -1.52. The van der Waals surface area contributed by atoms with Crippen molar-refractivity contribution < 1.29 is 0 Å². The molecule has 6 heteroatoms.